The molecule has 0 fully saturated rings. The van der Waals surface area contributed by atoms with Crippen LogP contribution in [0.25, 0.3) is 65.4 Å². The van der Waals surface area contributed by atoms with Crippen LogP contribution in [-0.2, 0) is 5.41 Å². The molecule has 1 spiro atoms. The van der Waals surface area contributed by atoms with E-state index in [0.717, 1.165) is 17.1 Å². The van der Waals surface area contributed by atoms with Crippen LogP contribution in [0.1, 0.15) is 21.6 Å². The highest BCUT2D eigenvalue weighted by atomic mass is 32.1. The number of benzene rings is 9. The molecule has 9 aromatic carbocycles. The van der Waals surface area contributed by atoms with Crippen LogP contribution in [0.5, 0.6) is 0 Å². The smallest absolute Gasteiger partial charge is 0.0825 e. The lowest BCUT2D eigenvalue weighted by molar-refractivity contribution is 0.814. The molecule has 0 N–H and O–H groups in total. The van der Waals surface area contributed by atoms with Gasteiger partial charge in [-0.25, -0.2) is 0 Å². The Morgan fingerprint density at radius 1 is 0.351 bits per heavy atom. The predicted octanol–water partition coefficient (Wildman–Crippen LogP) is 15.2. The number of hydrogen-bond donors (Lipinski definition) is 0. The van der Waals surface area contributed by atoms with Gasteiger partial charge in [0.2, 0.25) is 0 Å². The Labute approximate surface area is 336 Å². The van der Waals surface area contributed by atoms with Crippen molar-refractivity contribution in [1.82, 2.24) is 0 Å². The van der Waals surface area contributed by atoms with E-state index in [4.69, 9.17) is 0 Å². The van der Waals surface area contributed by atoms with Crippen LogP contribution in [0.15, 0.2) is 212 Å². The van der Waals surface area contributed by atoms with Gasteiger partial charge in [-0.05, 0) is 109 Å². The summed E-state index contributed by atoms with van der Waals surface area (Å²) in [5.41, 5.74) is 17.5. The molecule has 1 atom stereocenters. The maximum atomic E-state index is 2.38. The fourth-order valence-corrected chi connectivity index (χ4v) is 11.4. The first kappa shape index (κ1) is 32.3. The first-order chi connectivity index (χ1) is 28.3. The standard InChI is InChI=1S/C55H35NS/c1-2-16-39(17-3-1)56(40-32-28-37(29-33-40)43-22-12-15-36-14-4-5-18-42(36)43)41-34-30-38(31-35-41)44-23-13-24-46-45-19-6-9-25-49(45)55(53(44)46)50-26-10-7-20-47(50)52-48-21-8-11-27-51(48)57-54(52)55/h1-35H. The SMILES string of the molecule is c1ccc(N(c2ccc(-c3cccc4c3C3(c5ccccc5-4)c4ccccc4-c4c3sc3ccccc43)cc2)c2ccc(-c3cccc4ccccc34)cc2)cc1. The van der Waals surface area contributed by atoms with Crippen LogP contribution in [-0.4, -0.2) is 0 Å². The van der Waals surface area contributed by atoms with Gasteiger partial charge in [0.1, 0.15) is 0 Å². The minimum absolute atomic E-state index is 0.404. The Hall–Kier alpha value is -7.00. The first-order valence-electron chi connectivity index (χ1n) is 19.7. The van der Waals surface area contributed by atoms with E-state index in [1.54, 1.807) is 0 Å². The fourth-order valence-electron chi connectivity index (χ4n) is 9.93. The average molecular weight is 742 g/mol. The molecule has 2 aliphatic carbocycles. The lowest BCUT2D eigenvalue weighted by Crippen LogP contribution is -2.25. The van der Waals surface area contributed by atoms with Crippen molar-refractivity contribution in [1.29, 1.82) is 0 Å². The van der Waals surface area contributed by atoms with Crippen molar-refractivity contribution in [3.05, 3.63) is 234 Å². The number of rotatable bonds is 5. The van der Waals surface area contributed by atoms with E-state index in [1.165, 1.54) is 86.9 Å². The summed E-state index contributed by atoms with van der Waals surface area (Å²) < 4.78 is 1.34. The molecule has 12 rings (SSSR count). The molecule has 0 saturated carbocycles. The first-order valence-corrected chi connectivity index (χ1v) is 20.5. The zero-order valence-electron chi connectivity index (χ0n) is 31.1. The van der Waals surface area contributed by atoms with E-state index in [9.17, 15) is 0 Å². The van der Waals surface area contributed by atoms with Gasteiger partial charge >= 0.3 is 0 Å². The van der Waals surface area contributed by atoms with Gasteiger partial charge in [0.15, 0.2) is 0 Å². The molecular formula is C55H35NS. The van der Waals surface area contributed by atoms with Gasteiger partial charge in [0, 0.05) is 37.6 Å². The van der Waals surface area contributed by atoms with Crippen LogP contribution in [0.3, 0.4) is 0 Å². The van der Waals surface area contributed by atoms with Crippen molar-refractivity contribution in [2.45, 2.75) is 5.41 Å². The van der Waals surface area contributed by atoms with Crippen molar-refractivity contribution in [3.8, 4) is 44.5 Å². The predicted molar refractivity (Wildman–Crippen MR) is 241 cm³/mol. The Kier molecular flexibility index (Phi) is 7.08. The molecule has 1 aromatic heterocycles. The Morgan fingerprint density at radius 2 is 0.860 bits per heavy atom. The van der Waals surface area contributed by atoms with Crippen LogP contribution in [0, 0.1) is 0 Å². The van der Waals surface area contributed by atoms with Crippen molar-refractivity contribution in [3.63, 3.8) is 0 Å². The second-order valence-electron chi connectivity index (χ2n) is 15.2. The van der Waals surface area contributed by atoms with E-state index in [2.05, 4.69) is 217 Å². The molecule has 0 saturated heterocycles. The summed E-state index contributed by atoms with van der Waals surface area (Å²) in [5.74, 6) is 0. The summed E-state index contributed by atoms with van der Waals surface area (Å²) in [6.45, 7) is 0. The summed E-state index contributed by atoms with van der Waals surface area (Å²) in [7, 11) is 0. The van der Waals surface area contributed by atoms with Gasteiger partial charge in [-0.3, -0.25) is 0 Å². The number of thiophene rings is 1. The van der Waals surface area contributed by atoms with Crippen molar-refractivity contribution >= 4 is 49.3 Å². The molecule has 2 heteroatoms. The highest BCUT2D eigenvalue weighted by Crippen LogP contribution is 2.67. The van der Waals surface area contributed by atoms with Gasteiger partial charge in [0.25, 0.3) is 0 Å². The molecule has 57 heavy (non-hydrogen) atoms. The van der Waals surface area contributed by atoms with Crippen LogP contribution in [0.4, 0.5) is 17.1 Å². The highest BCUT2D eigenvalue weighted by molar-refractivity contribution is 7.20. The maximum absolute atomic E-state index is 2.38. The quantitative estimate of drug-likeness (QED) is 0.170. The Balaban J connectivity index is 1.01. The Bertz CT molecular complexity index is 3170. The summed E-state index contributed by atoms with van der Waals surface area (Å²) in [6.07, 6.45) is 0. The normalized spacial score (nSPS) is 14.7. The summed E-state index contributed by atoms with van der Waals surface area (Å²) >= 11 is 1.96. The monoisotopic (exact) mass is 741 g/mol. The summed E-state index contributed by atoms with van der Waals surface area (Å²) in [6, 6.07) is 78.3. The molecule has 2 aliphatic rings. The van der Waals surface area contributed by atoms with Gasteiger partial charge in [-0.1, -0.05) is 170 Å². The lowest BCUT2D eigenvalue weighted by Gasteiger charge is -2.31. The third-order valence-corrected chi connectivity index (χ3v) is 13.6. The minimum Gasteiger partial charge on any atom is -0.311 e. The fraction of sp³-hybridized carbons (Fsp3) is 0.0182. The highest BCUT2D eigenvalue weighted by Gasteiger charge is 2.54. The largest absolute Gasteiger partial charge is 0.311 e. The maximum Gasteiger partial charge on any atom is 0.0825 e. The number of fused-ring (bicyclic) bond motifs is 13. The third kappa shape index (κ3) is 4.62. The van der Waals surface area contributed by atoms with Crippen molar-refractivity contribution < 1.29 is 0 Å². The topological polar surface area (TPSA) is 3.24 Å². The van der Waals surface area contributed by atoms with Gasteiger partial charge in [-0.2, -0.15) is 0 Å². The van der Waals surface area contributed by atoms with Crippen LogP contribution in [0.2, 0.25) is 0 Å². The third-order valence-electron chi connectivity index (χ3n) is 12.3. The molecule has 0 aliphatic heterocycles. The van der Waals surface area contributed by atoms with E-state index in [0.29, 0.717) is 0 Å². The second-order valence-corrected chi connectivity index (χ2v) is 16.2. The molecule has 1 nitrogen and oxygen atoms in total. The van der Waals surface area contributed by atoms with E-state index >= 15 is 0 Å². The Morgan fingerprint density at radius 3 is 1.63 bits per heavy atom. The molecule has 0 bridgehead atoms. The molecule has 0 amide bonds. The number of nitrogens with zero attached hydrogens (tertiary/aromatic N) is 1. The molecule has 0 radical (unpaired) electrons. The van der Waals surface area contributed by atoms with E-state index < -0.39 is 5.41 Å². The summed E-state index contributed by atoms with van der Waals surface area (Å²) in [4.78, 5) is 3.79. The lowest BCUT2D eigenvalue weighted by atomic mass is 9.71. The van der Waals surface area contributed by atoms with Crippen molar-refractivity contribution in [2.24, 2.45) is 0 Å². The minimum atomic E-state index is -0.404. The van der Waals surface area contributed by atoms with Gasteiger partial charge in [-0.15, -0.1) is 11.3 Å². The molecular weight excluding hydrogens is 707 g/mol. The van der Waals surface area contributed by atoms with Crippen LogP contribution >= 0.6 is 11.3 Å². The number of para-hydroxylation sites is 1. The molecule has 1 unspecified atom stereocenters. The van der Waals surface area contributed by atoms with Crippen LogP contribution < -0.4 is 4.90 Å². The zero-order chi connectivity index (χ0) is 37.5. The molecule has 10 aromatic rings. The zero-order valence-corrected chi connectivity index (χ0v) is 31.9. The second kappa shape index (κ2) is 12.5. The summed E-state index contributed by atoms with van der Waals surface area (Å²) in [5, 5.41) is 3.87. The van der Waals surface area contributed by atoms with Gasteiger partial charge in [0.05, 0.1) is 5.41 Å². The molecule has 1 heterocycles. The van der Waals surface area contributed by atoms with Gasteiger partial charge < -0.3 is 4.90 Å². The number of hydrogen-bond acceptors (Lipinski definition) is 2. The van der Waals surface area contributed by atoms with E-state index in [1.807, 2.05) is 11.3 Å². The number of anilines is 3. The average Bonchev–Trinajstić information content (AvgIpc) is 3.91. The van der Waals surface area contributed by atoms with Crippen molar-refractivity contribution in [2.75, 3.05) is 4.90 Å². The van der Waals surface area contributed by atoms with E-state index in [-0.39, 0.29) is 0 Å². The molecule has 266 valence electrons.